The van der Waals surface area contributed by atoms with Gasteiger partial charge in [0.05, 0.1) is 0 Å². The molecule has 0 aliphatic heterocycles. The molecule has 0 aliphatic carbocycles. The van der Waals surface area contributed by atoms with Crippen molar-refractivity contribution in [2.75, 3.05) is 0 Å². The Kier molecular flexibility index (Phi) is 193. The Balaban J connectivity index is -0.00000000500. The first-order valence-corrected chi connectivity index (χ1v) is 6.00. The first-order valence-electron chi connectivity index (χ1n) is 0.667. The quantitative estimate of drug-likeness (QED) is 0.518. The highest BCUT2D eigenvalue weighted by atomic mass is 32.0. The van der Waals surface area contributed by atoms with Gasteiger partial charge in [-0.2, -0.15) is 19.8 Å². The van der Waals surface area contributed by atoms with E-state index in [0.29, 0.717) is 0 Å². The molecule has 0 aromatic carbocycles. The molecule has 0 spiro atoms. The van der Waals surface area contributed by atoms with E-state index in [-0.39, 0.29) is 19.8 Å². The van der Waals surface area contributed by atoms with Crippen molar-refractivity contribution >= 4 is 55.5 Å². The Morgan fingerprint density at radius 2 is 0.500 bits per heavy atom. The van der Waals surface area contributed by atoms with E-state index in [4.69, 9.17) is 0 Å². The highest BCUT2D eigenvalue weighted by molar-refractivity contribution is 7.92. The lowest BCUT2D eigenvalue weighted by molar-refractivity contribution is 5.92. The van der Waals surface area contributed by atoms with E-state index in [9.17, 15) is 0 Å². The maximum atomic E-state index is 2.33. The van der Waals surface area contributed by atoms with Crippen molar-refractivity contribution in [1.29, 1.82) is 0 Å². The first-order chi connectivity index (χ1) is 2.00. The van der Waals surface area contributed by atoms with Crippen molar-refractivity contribution in [2.24, 2.45) is 0 Å². The van der Waals surface area contributed by atoms with E-state index in [1.54, 1.807) is 0 Å². The van der Waals surface area contributed by atoms with Gasteiger partial charge in [0.2, 0.25) is 0 Å². The molecule has 0 aliphatic rings. The van der Waals surface area contributed by atoms with Gasteiger partial charge in [-0.1, -0.05) is 0 Å². The van der Waals surface area contributed by atoms with Crippen molar-refractivity contribution in [3.8, 4) is 0 Å². The standard InChI is InChI=1S/2H4P2.2H3P/c2*1-2;;/h2*1-2H2;2*1H3. The van der Waals surface area contributed by atoms with E-state index >= 15 is 0 Å². The van der Waals surface area contributed by atoms with Gasteiger partial charge in [-0.05, 0) is 0 Å². The maximum Gasteiger partial charge on any atom is -0.118 e. The molecule has 0 saturated heterocycles. The molecule has 0 saturated carbocycles. The van der Waals surface area contributed by atoms with Crippen LogP contribution in [0.2, 0.25) is 0 Å². The summed E-state index contributed by atoms with van der Waals surface area (Å²) in [6.07, 6.45) is 0. The van der Waals surface area contributed by atoms with Crippen molar-refractivity contribution in [2.45, 2.75) is 0 Å². The van der Waals surface area contributed by atoms with E-state index in [0.717, 1.165) is 0 Å². The van der Waals surface area contributed by atoms with Gasteiger partial charge in [-0.3, -0.25) is 0 Å². The summed E-state index contributed by atoms with van der Waals surface area (Å²) < 4.78 is 0. The normalized spacial score (nSPS) is 2.00. The van der Waals surface area contributed by atoms with Crippen molar-refractivity contribution in [1.82, 2.24) is 0 Å². The molecule has 0 radical (unpaired) electrons. The largest absolute Gasteiger partial charge is 0.153 e. The minimum absolute atomic E-state index is 0. The van der Waals surface area contributed by atoms with Gasteiger partial charge in [-0.15, -0.1) is 35.7 Å². The maximum absolute atomic E-state index is 2.33. The van der Waals surface area contributed by atoms with Crippen LogP contribution in [0.25, 0.3) is 0 Å². The zero-order chi connectivity index (χ0) is 4.00. The Morgan fingerprint density at radius 3 is 0.500 bits per heavy atom. The van der Waals surface area contributed by atoms with Crippen LogP contribution in [0.4, 0.5) is 0 Å². The zero-order valence-corrected chi connectivity index (χ0v) is 11.2. The predicted octanol–water partition coefficient (Wildman–Crippen LogP) is 1.42. The van der Waals surface area contributed by atoms with Crippen LogP contribution in [0.3, 0.4) is 0 Å². The fourth-order valence-corrected chi connectivity index (χ4v) is 0. The monoisotopic (exact) mass is 200 g/mol. The molecule has 0 N–H and O–H groups in total. The summed E-state index contributed by atoms with van der Waals surface area (Å²) in [5, 5.41) is 0. The van der Waals surface area contributed by atoms with Gasteiger partial charge in [0.15, 0.2) is 0 Å². The molecule has 0 heterocycles. The van der Waals surface area contributed by atoms with Crippen LogP contribution >= 0.6 is 55.5 Å². The van der Waals surface area contributed by atoms with Crippen molar-refractivity contribution < 1.29 is 0 Å². The Labute approximate surface area is 56.0 Å². The molecular formula is H14P6. The molecule has 6 unspecified atom stereocenters. The second kappa shape index (κ2) is 49.3. The summed E-state index contributed by atoms with van der Waals surface area (Å²) in [7, 11) is 9.33. The summed E-state index contributed by atoms with van der Waals surface area (Å²) in [5.41, 5.74) is 0. The molecular weight excluding hydrogens is 186 g/mol. The molecule has 6 heavy (non-hydrogen) atoms. The smallest absolute Gasteiger partial charge is 0.118 e. The zero-order valence-electron chi connectivity index (χ0n) is 3.72. The third-order valence-corrected chi connectivity index (χ3v) is 0. The molecule has 6 atom stereocenters. The lowest BCUT2D eigenvalue weighted by atomic mass is 30.0. The van der Waals surface area contributed by atoms with E-state index in [1.165, 1.54) is 0 Å². The number of hydrogen-bond acceptors (Lipinski definition) is 0. The van der Waals surface area contributed by atoms with Crippen LogP contribution < -0.4 is 0 Å². The van der Waals surface area contributed by atoms with Crippen LogP contribution in [0, 0.1) is 0 Å². The molecule has 0 bridgehead atoms. The van der Waals surface area contributed by atoms with E-state index < -0.39 is 0 Å². The molecule has 0 amide bonds. The minimum Gasteiger partial charge on any atom is -0.153 e. The van der Waals surface area contributed by atoms with Gasteiger partial charge in [-0.25, -0.2) is 0 Å². The minimum atomic E-state index is 0. The van der Waals surface area contributed by atoms with Gasteiger partial charge in [0, 0.05) is 0 Å². The molecule has 0 fully saturated rings. The summed E-state index contributed by atoms with van der Waals surface area (Å²) in [4.78, 5) is 0. The Bertz CT molecular complexity index is 0. The molecule has 0 nitrogen and oxygen atoms in total. The SMILES string of the molecule is P.P.PP.PP. The third kappa shape index (κ3) is 30.8. The van der Waals surface area contributed by atoms with E-state index in [2.05, 4.69) is 35.7 Å². The van der Waals surface area contributed by atoms with Crippen LogP contribution in [-0.4, -0.2) is 0 Å². The summed E-state index contributed by atoms with van der Waals surface area (Å²) in [6.45, 7) is 0. The number of rotatable bonds is 0. The summed E-state index contributed by atoms with van der Waals surface area (Å²) in [5.74, 6) is 0. The van der Waals surface area contributed by atoms with Crippen LogP contribution in [0.5, 0.6) is 0 Å². The van der Waals surface area contributed by atoms with E-state index in [1.807, 2.05) is 0 Å². The fourth-order valence-electron chi connectivity index (χ4n) is 0. The highest BCUT2D eigenvalue weighted by Gasteiger charge is 0.884. The van der Waals surface area contributed by atoms with Crippen molar-refractivity contribution in [3.05, 3.63) is 0 Å². The van der Waals surface area contributed by atoms with Gasteiger partial charge >= 0.3 is 0 Å². The highest BCUT2D eigenvalue weighted by Crippen LogP contribution is 1.86. The first kappa shape index (κ1) is 23.5. The lowest BCUT2D eigenvalue weighted by Crippen LogP contribution is -0.139. The predicted molar refractivity (Wildman–Crippen MR) is 61.1 cm³/mol. The topological polar surface area (TPSA) is 0 Å². The fraction of sp³-hybridized carbons (Fsp3) is 0. The molecule has 0 rings (SSSR count). The number of hydrogen-bond donors (Lipinski definition) is 0. The second-order valence-electron chi connectivity index (χ2n) is 0. The summed E-state index contributed by atoms with van der Waals surface area (Å²) in [6, 6.07) is 0. The average molecular weight is 200 g/mol. The molecule has 44 valence electrons. The Hall–Kier alpha value is 2.58. The third-order valence-electron chi connectivity index (χ3n) is 0. The van der Waals surface area contributed by atoms with Crippen LogP contribution in [-0.2, 0) is 0 Å². The van der Waals surface area contributed by atoms with Crippen molar-refractivity contribution in [3.63, 3.8) is 0 Å². The second-order valence-corrected chi connectivity index (χ2v) is 0. The van der Waals surface area contributed by atoms with Gasteiger partial charge in [0.25, 0.3) is 0 Å². The van der Waals surface area contributed by atoms with Gasteiger partial charge < -0.3 is 0 Å². The molecule has 0 aromatic rings. The van der Waals surface area contributed by atoms with Gasteiger partial charge in [0.1, 0.15) is 0 Å². The van der Waals surface area contributed by atoms with Crippen LogP contribution in [0.1, 0.15) is 0 Å². The molecule has 6 heteroatoms. The van der Waals surface area contributed by atoms with Crippen LogP contribution in [0.15, 0.2) is 0 Å². The Morgan fingerprint density at radius 1 is 0.500 bits per heavy atom. The lowest BCUT2D eigenvalue weighted by Gasteiger charge is -1.12. The average Bonchev–Trinajstić information content (AvgIpc) is 1.50. The summed E-state index contributed by atoms with van der Waals surface area (Å²) >= 11 is 0. The molecule has 0 aromatic heterocycles.